The Bertz CT molecular complexity index is 973. The number of hydrogen-bond acceptors (Lipinski definition) is 5. The van der Waals surface area contributed by atoms with Crippen molar-refractivity contribution in [2.45, 2.75) is 43.5 Å². The Morgan fingerprint density at radius 2 is 1.50 bits per heavy atom. The lowest BCUT2D eigenvalue weighted by molar-refractivity contribution is 0.101. The van der Waals surface area contributed by atoms with E-state index < -0.39 is 10.0 Å². The van der Waals surface area contributed by atoms with E-state index in [-0.39, 0.29) is 10.7 Å². The smallest absolute Gasteiger partial charge is 0.261 e. The third-order valence-corrected chi connectivity index (χ3v) is 7.61. The summed E-state index contributed by atoms with van der Waals surface area (Å²) < 4.78 is 27.9. The molecular formula is C23H29N3O3S. The molecule has 0 radical (unpaired) electrons. The minimum Gasteiger partial charge on any atom is -0.369 e. The highest BCUT2D eigenvalue weighted by molar-refractivity contribution is 7.92. The van der Waals surface area contributed by atoms with Crippen LogP contribution < -0.4 is 9.62 Å². The highest BCUT2D eigenvalue weighted by Crippen LogP contribution is 2.26. The summed E-state index contributed by atoms with van der Waals surface area (Å²) in [5.41, 5.74) is 2.14. The summed E-state index contributed by atoms with van der Waals surface area (Å²) in [6, 6.07) is 14.3. The number of hydrogen-bond donors (Lipinski definition) is 1. The predicted molar refractivity (Wildman–Crippen MR) is 120 cm³/mol. The first-order valence-corrected chi connectivity index (χ1v) is 12.1. The minimum atomic E-state index is -3.69. The van der Waals surface area contributed by atoms with Crippen LogP contribution in [0, 0.1) is 0 Å². The van der Waals surface area contributed by atoms with Gasteiger partial charge >= 0.3 is 0 Å². The van der Waals surface area contributed by atoms with E-state index in [0.29, 0.717) is 11.3 Å². The van der Waals surface area contributed by atoms with Crippen LogP contribution in [-0.2, 0) is 10.0 Å². The number of Topliss-reactive ketones (excluding diaryl/α,β-unsaturated/α-hetero) is 1. The molecular weight excluding hydrogens is 398 g/mol. The fourth-order valence-corrected chi connectivity index (χ4v) is 5.50. The quantitative estimate of drug-likeness (QED) is 0.711. The average Bonchev–Trinajstić information content (AvgIpc) is 3.29. The van der Waals surface area contributed by atoms with Gasteiger partial charge in [-0.3, -0.25) is 14.4 Å². The second kappa shape index (κ2) is 8.78. The largest absolute Gasteiger partial charge is 0.369 e. The van der Waals surface area contributed by atoms with E-state index in [9.17, 15) is 13.2 Å². The maximum absolute atomic E-state index is 12.6. The molecule has 2 aromatic rings. The summed E-state index contributed by atoms with van der Waals surface area (Å²) in [5.74, 6) is -0.0911. The van der Waals surface area contributed by atoms with Gasteiger partial charge in [-0.1, -0.05) is 25.0 Å². The Labute approximate surface area is 178 Å². The molecule has 0 aromatic heterocycles. The van der Waals surface area contributed by atoms with Crippen LogP contribution in [0.25, 0.3) is 0 Å². The van der Waals surface area contributed by atoms with E-state index in [2.05, 4.69) is 14.5 Å². The summed E-state index contributed by atoms with van der Waals surface area (Å²) in [6.45, 7) is 5.65. The van der Waals surface area contributed by atoms with Crippen molar-refractivity contribution in [1.29, 1.82) is 0 Å². The van der Waals surface area contributed by atoms with Crippen LogP contribution in [-0.4, -0.2) is 51.3 Å². The van der Waals surface area contributed by atoms with Crippen molar-refractivity contribution in [2.24, 2.45) is 0 Å². The maximum atomic E-state index is 12.6. The van der Waals surface area contributed by atoms with Gasteiger partial charge in [-0.2, -0.15) is 0 Å². The molecule has 0 unspecified atom stereocenters. The highest BCUT2D eigenvalue weighted by Gasteiger charge is 2.26. The lowest BCUT2D eigenvalue weighted by Crippen LogP contribution is -2.49. The SMILES string of the molecule is CC(=O)c1ccc(S(=O)(=O)Nc2ccc(N3CCN(C4CCCC4)CC3)cc2)cc1. The number of carbonyl (C=O) groups is 1. The fourth-order valence-electron chi connectivity index (χ4n) is 4.44. The van der Waals surface area contributed by atoms with Gasteiger partial charge in [-0.25, -0.2) is 8.42 Å². The molecule has 1 N–H and O–H groups in total. The summed E-state index contributed by atoms with van der Waals surface area (Å²) in [4.78, 5) is 16.5. The minimum absolute atomic E-state index is 0.0911. The summed E-state index contributed by atoms with van der Waals surface area (Å²) in [6.07, 6.45) is 5.41. The molecule has 0 atom stereocenters. The molecule has 2 fully saturated rings. The van der Waals surface area contributed by atoms with Gasteiger partial charge in [0.2, 0.25) is 0 Å². The second-order valence-electron chi connectivity index (χ2n) is 8.19. The molecule has 1 heterocycles. The Morgan fingerprint density at radius 3 is 2.07 bits per heavy atom. The van der Waals surface area contributed by atoms with Crippen molar-refractivity contribution in [3.63, 3.8) is 0 Å². The lowest BCUT2D eigenvalue weighted by Gasteiger charge is -2.39. The Kier molecular flexibility index (Phi) is 6.11. The number of carbonyl (C=O) groups excluding carboxylic acids is 1. The van der Waals surface area contributed by atoms with Crippen LogP contribution in [0.2, 0.25) is 0 Å². The number of piperazine rings is 1. The molecule has 0 spiro atoms. The van der Waals surface area contributed by atoms with Gasteiger partial charge in [-0.05, 0) is 56.2 Å². The zero-order chi connectivity index (χ0) is 21.1. The molecule has 7 heteroatoms. The van der Waals surface area contributed by atoms with Crippen molar-refractivity contribution in [3.8, 4) is 0 Å². The molecule has 1 aliphatic heterocycles. The van der Waals surface area contributed by atoms with Gasteiger partial charge in [0.1, 0.15) is 0 Å². The van der Waals surface area contributed by atoms with Crippen molar-refractivity contribution < 1.29 is 13.2 Å². The first-order chi connectivity index (χ1) is 14.4. The highest BCUT2D eigenvalue weighted by atomic mass is 32.2. The van der Waals surface area contributed by atoms with Crippen LogP contribution in [0.1, 0.15) is 43.0 Å². The van der Waals surface area contributed by atoms with E-state index in [0.717, 1.165) is 37.9 Å². The first-order valence-electron chi connectivity index (χ1n) is 10.7. The zero-order valence-electron chi connectivity index (χ0n) is 17.4. The molecule has 2 aliphatic rings. The Balaban J connectivity index is 1.37. The molecule has 4 rings (SSSR count). The van der Waals surface area contributed by atoms with Gasteiger partial charge < -0.3 is 4.90 Å². The molecule has 1 aliphatic carbocycles. The molecule has 0 amide bonds. The molecule has 1 saturated carbocycles. The summed E-state index contributed by atoms with van der Waals surface area (Å²) >= 11 is 0. The van der Waals surface area contributed by atoms with Crippen molar-refractivity contribution in [1.82, 2.24) is 4.90 Å². The van der Waals surface area contributed by atoms with Crippen LogP contribution in [0.5, 0.6) is 0 Å². The number of benzene rings is 2. The Morgan fingerprint density at radius 1 is 0.900 bits per heavy atom. The molecule has 0 bridgehead atoms. The topological polar surface area (TPSA) is 69.7 Å². The first kappa shape index (κ1) is 20.9. The predicted octanol–water partition coefficient (Wildman–Crippen LogP) is 3.75. The normalized spacial score (nSPS) is 18.5. The second-order valence-corrected chi connectivity index (χ2v) is 9.88. The molecule has 2 aromatic carbocycles. The van der Waals surface area contributed by atoms with Gasteiger partial charge in [0, 0.05) is 49.2 Å². The monoisotopic (exact) mass is 427 g/mol. The van der Waals surface area contributed by atoms with Gasteiger partial charge in [0.15, 0.2) is 5.78 Å². The van der Waals surface area contributed by atoms with Crippen molar-refractivity contribution in [3.05, 3.63) is 54.1 Å². The summed E-state index contributed by atoms with van der Waals surface area (Å²) in [5, 5.41) is 0. The number of nitrogens with one attached hydrogen (secondary N) is 1. The fraction of sp³-hybridized carbons (Fsp3) is 0.435. The van der Waals surface area contributed by atoms with Gasteiger partial charge in [0.25, 0.3) is 10.0 Å². The number of rotatable bonds is 6. The number of anilines is 2. The van der Waals surface area contributed by atoms with Gasteiger partial charge in [-0.15, -0.1) is 0 Å². The molecule has 160 valence electrons. The van der Waals surface area contributed by atoms with Gasteiger partial charge in [0.05, 0.1) is 4.90 Å². The van der Waals surface area contributed by atoms with E-state index in [1.54, 1.807) is 12.1 Å². The standard InChI is InChI=1S/C23H29N3O3S/c1-18(27)19-6-12-23(13-7-19)30(28,29)24-20-8-10-22(11-9-20)26-16-14-25(15-17-26)21-4-2-3-5-21/h6-13,21,24H,2-5,14-17H2,1H3. The molecule has 1 saturated heterocycles. The molecule has 6 nitrogen and oxygen atoms in total. The lowest BCUT2D eigenvalue weighted by atomic mass is 10.1. The van der Waals surface area contributed by atoms with E-state index >= 15 is 0 Å². The van der Waals surface area contributed by atoms with Crippen LogP contribution in [0.4, 0.5) is 11.4 Å². The van der Waals surface area contributed by atoms with Crippen LogP contribution in [0.15, 0.2) is 53.4 Å². The maximum Gasteiger partial charge on any atom is 0.261 e. The number of ketones is 1. The third kappa shape index (κ3) is 4.68. The number of sulfonamides is 1. The van der Waals surface area contributed by atoms with Crippen molar-refractivity contribution in [2.75, 3.05) is 35.8 Å². The summed E-state index contributed by atoms with van der Waals surface area (Å²) in [7, 11) is -3.69. The van der Waals surface area contributed by atoms with Crippen LogP contribution in [0.3, 0.4) is 0 Å². The number of nitrogens with zero attached hydrogens (tertiary/aromatic N) is 2. The average molecular weight is 428 g/mol. The third-order valence-electron chi connectivity index (χ3n) is 6.21. The van der Waals surface area contributed by atoms with E-state index in [4.69, 9.17) is 0 Å². The van der Waals surface area contributed by atoms with E-state index in [1.807, 2.05) is 12.1 Å². The van der Waals surface area contributed by atoms with Crippen LogP contribution >= 0.6 is 0 Å². The molecule has 30 heavy (non-hydrogen) atoms. The Hall–Kier alpha value is -2.38. The van der Waals surface area contributed by atoms with E-state index in [1.165, 1.54) is 56.9 Å². The zero-order valence-corrected chi connectivity index (χ0v) is 18.2. The van der Waals surface area contributed by atoms with Crippen molar-refractivity contribution >= 4 is 27.2 Å².